The molecule has 120 valence electrons. The van der Waals surface area contributed by atoms with E-state index in [9.17, 15) is 4.79 Å². The van der Waals surface area contributed by atoms with E-state index in [4.69, 9.17) is 28.6 Å². The molecular weight excluding hydrogens is 332 g/mol. The third kappa shape index (κ3) is 4.43. The molecule has 2 N–H and O–H groups in total. The molecule has 0 aliphatic carbocycles. The van der Waals surface area contributed by atoms with Crippen molar-refractivity contribution in [3.63, 3.8) is 0 Å². The maximum Gasteiger partial charge on any atom is 0.340 e. The number of halogens is 1. The molecule has 2 aromatic carbocycles. The molecule has 0 aliphatic heterocycles. The zero-order chi connectivity index (χ0) is 16.8. The lowest BCUT2D eigenvalue weighted by molar-refractivity contribution is 0.0527. The Morgan fingerprint density at radius 3 is 2.52 bits per heavy atom. The molecular formula is C17H17ClN2O2S. The Morgan fingerprint density at radius 2 is 1.78 bits per heavy atom. The topological polar surface area (TPSA) is 50.4 Å². The van der Waals surface area contributed by atoms with Crippen LogP contribution in [0, 0.1) is 6.92 Å². The van der Waals surface area contributed by atoms with E-state index < -0.39 is 5.97 Å². The Labute approximate surface area is 145 Å². The Hall–Kier alpha value is -2.11. The molecule has 0 radical (unpaired) electrons. The van der Waals surface area contributed by atoms with Gasteiger partial charge in [0, 0.05) is 10.7 Å². The van der Waals surface area contributed by atoms with Gasteiger partial charge in [0.25, 0.3) is 0 Å². The average Bonchev–Trinajstić information content (AvgIpc) is 2.52. The highest BCUT2D eigenvalue weighted by Gasteiger charge is 2.13. The van der Waals surface area contributed by atoms with E-state index in [1.54, 1.807) is 25.1 Å². The molecule has 0 aliphatic rings. The maximum atomic E-state index is 12.0. The van der Waals surface area contributed by atoms with E-state index >= 15 is 0 Å². The predicted molar refractivity (Wildman–Crippen MR) is 98.4 cm³/mol. The fraction of sp³-hybridized carbons (Fsp3) is 0.176. The standard InChI is InChI=1S/C17H17ClN2O2S/c1-3-22-16(21)12-7-4-5-9-15(12)20-17(23)19-14-10-6-8-13(18)11(14)2/h4-10H,3H2,1-2H3,(H2,19,20,23). The van der Waals surface area contributed by atoms with Crippen LogP contribution in [-0.4, -0.2) is 17.7 Å². The van der Waals surface area contributed by atoms with Crippen molar-refractivity contribution in [2.75, 3.05) is 17.2 Å². The highest BCUT2D eigenvalue weighted by molar-refractivity contribution is 7.80. The number of ether oxygens (including phenoxy) is 1. The molecule has 0 aromatic heterocycles. The summed E-state index contributed by atoms with van der Waals surface area (Å²) in [4.78, 5) is 12.0. The second kappa shape index (κ2) is 7.94. The first kappa shape index (κ1) is 17.2. The molecule has 6 heteroatoms. The number of anilines is 2. The number of hydrogen-bond donors (Lipinski definition) is 2. The number of benzene rings is 2. The van der Waals surface area contributed by atoms with Gasteiger partial charge in [0.2, 0.25) is 0 Å². The van der Waals surface area contributed by atoms with Crippen LogP contribution in [0.1, 0.15) is 22.8 Å². The van der Waals surface area contributed by atoms with Crippen LogP contribution in [0.4, 0.5) is 11.4 Å². The number of rotatable bonds is 4. The van der Waals surface area contributed by atoms with Gasteiger partial charge < -0.3 is 15.4 Å². The Kier molecular flexibility index (Phi) is 5.96. The van der Waals surface area contributed by atoms with Gasteiger partial charge in [-0.25, -0.2) is 4.79 Å². The molecule has 0 fully saturated rings. The molecule has 4 nitrogen and oxygen atoms in total. The van der Waals surface area contributed by atoms with Crippen LogP contribution in [0.15, 0.2) is 42.5 Å². The SMILES string of the molecule is CCOC(=O)c1ccccc1NC(=S)Nc1cccc(Cl)c1C. The summed E-state index contributed by atoms with van der Waals surface area (Å²) in [5, 5.41) is 7.13. The van der Waals surface area contributed by atoms with Crippen LogP contribution in [0.25, 0.3) is 0 Å². The minimum atomic E-state index is -0.391. The average molecular weight is 349 g/mol. The second-order valence-electron chi connectivity index (χ2n) is 4.76. The summed E-state index contributed by atoms with van der Waals surface area (Å²) in [5.41, 5.74) is 2.73. The first-order valence-electron chi connectivity index (χ1n) is 7.12. The zero-order valence-corrected chi connectivity index (χ0v) is 14.4. The van der Waals surface area contributed by atoms with Gasteiger partial charge in [0.05, 0.1) is 17.9 Å². The molecule has 23 heavy (non-hydrogen) atoms. The number of carbonyl (C=O) groups is 1. The summed E-state index contributed by atoms with van der Waals surface area (Å²) >= 11 is 11.4. The van der Waals surface area contributed by atoms with Crippen molar-refractivity contribution in [3.8, 4) is 0 Å². The number of carbonyl (C=O) groups excluding carboxylic acids is 1. The van der Waals surface area contributed by atoms with E-state index in [1.165, 1.54) is 0 Å². The van der Waals surface area contributed by atoms with E-state index in [0.717, 1.165) is 11.3 Å². The summed E-state index contributed by atoms with van der Waals surface area (Å²) in [5.74, 6) is -0.391. The molecule has 0 bridgehead atoms. The molecule has 0 saturated heterocycles. The van der Waals surface area contributed by atoms with Crippen molar-refractivity contribution in [3.05, 3.63) is 58.6 Å². The van der Waals surface area contributed by atoms with Gasteiger partial charge in [-0.15, -0.1) is 0 Å². The lowest BCUT2D eigenvalue weighted by Crippen LogP contribution is -2.21. The Balaban J connectivity index is 2.15. The summed E-state index contributed by atoms with van der Waals surface area (Å²) in [7, 11) is 0. The molecule has 2 rings (SSSR count). The Morgan fingerprint density at radius 1 is 1.13 bits per heavy atom. The molecule has 0 heterocycles. The highest BCUT2D eigenvalue weighted by atomic mass is 35.5. The van der Waals surface area contributed by atoms with Crippen LogP contribution in [0.2, 0.25) is 5.02 Å². The minimum absolute atomic E-state index is 0.317. The smallest absolute Gasteiger partial charge is 0.340 e. The number of esters is 1. The molecule has 0 unspecified atom stereocenters. The van der Waals surface area contributed by atoms with Crippen LogP contribution in [-0.2, 0) is 4.74 Å². The predicted octanol–water partition coefficient (Wildman–Crippen LogP) is 4.63. The summed E-state index contributed by atoms with van der Waals surface area (Å²) < 4.78 is 5.04. The fourth-order valence-electron chi connectivity index (χ4n) is 2.00. The van der Waals surface area contributed by atoms with E-state index in [-0.39, 0.29) is 0 Å². The van der Waals surface area contributed by atoms with E-state index in [2.05, 4.69) is 10.6 Å². The first-order chi connectivity index (χ1) is 11.0. The third-order valence-corrected chi connectivity index (χ3v) is 3.80. The van der Waals surface area contributed by atoms with Crippen LogP contribution in [0.3, 0.4) is 0 Å². The lowest BCUT2D eigenvalue weighted by atomic mass is 10.2. The normalized spacial score (nSPS) is 10.0. The van der Waals surface area contributed by atoms with Gasteiger partial charge >= 0.3 is 5.97 Å². The third-order valence-electron chi connectivity index (χ3n) is 3.19. The maximum absolute atomic E-state index is 12.0. The van der Waals surface area contributed by atoms with Crippen molar-refractivity contribution < 1.29 is 9.53 Å². The number of hydrogen-bond acceptors (Lipinski definition) is 3. The number of nitrogens with one attached hydrogen (secondary N) is 2. The quantitative estimate of drug-likeness (QED) is 0.623. The van der Waals surface area contributed by atoms with Crippen LogP contribution < -0.4 is 10.6 Å². The first-order valence-corrected chi connectivity index (χ1v) is 7.90. The summed E-state index contributed by atoms with van der Waals surface area (Å²) in [6.45, 7) is 3.99. The van der Waals surface area contributed by atoms with Gasteiger partial charge in [0.15, 0.2) is 5.11 Å². The monoisotopic (exact) mass is 348 g/mol. The van der Waals surface area contributed by atoms with Crippen molar-refractivity contribution >= 4 is 46.3 Å². The van der Waals surface area contributed by atoms with Crippen LogP contribution >= 0.6 is 23.8 Å². The van der Waals surface area contributed by atoms with Gasteiger partial charge in [0.1, 0.15) is 0 Å². The molecule has 0 amide bonds. The molecule has 0 atom stereocenters. The number of thiocarbonyl (C=S) groups is 1. The highest BCUT2D eigenvalue weighted by Crippen LogP contribution is 2.23. The van der Waals surface area contributed by atoms with Crippen molar-refractivity contribution in [2.24, 2.45) is 0 Å². The molecule has 0 spiro atoms. The second-order valence-corrected chi connectivity index (χ2v) is 5.57. The largest absolute Gasteiger partial charge is 0.462 e. The van der Waals surface area contributed by atoms with Crippen molar-refractivity contribution in [2.45, 2.75) is 13.8 Å². The van der Waals surface area contributed by atoms with Gasteiger partial charge in [-0.1, -0.05) is 29.8 Å². The van der Waals surface area contributed by atoms with Gasteiger partial charge in [-0.3, -0.25) is 0 Å². The Bertz CT molecular complexity index is 734. The number of para-hydroxylation sites is 1. The van der Waals surface area contributed by atoms with E-state index in [0.29, 0.717) is 28.0 Å². The van der Waals surface area contributed by atoms with Crippen molar-refractivity contribution in [1.82, 2.24) is 0 Å². The molecule has 2 aromatic rings. The minimum Gasteiger partial charge on any atom is -0.462 e. The molecule has 0 saturated carbocycles. The summed E-state index contributed by atoms with van der Waals surface area (Å²) in [6, 6.07) is 12.6. The van der Waals surface area contributed by atoms with Gasteiger partial charge in [-0.2, -0.15) is 0 Å². The van der Waals surface area contributed by atoms with E-state index in [1.807, 2.05) is 31.2 Å². The zero-order valence-electron chi connectivity index (χ0n) is 12.9. The fourth-order valence-corrected chi connectivity index (χ4v) is 2.39. The summed E-state index contributed by atoms with van der Waals surface area (Å²) in [6.07, 6.45) is 0. The van der Waals surface area contributed by atoms with Crippen LogP contribution in [0.5, 0.6) is 0 Å². The lowest BCUT2D eigenvalue weighted by Gasteiger charge is -2.15. The van der Waals surface area contributed by atoms with Crippen molar-refractivity contribution in [1.29, 1.82) is 0 Å². The van der Waals surface area contributed by atoms with Gasteiger partial charge in [-0.05, 0) is 55.9 Å².